The molecule has 1 aliphatic heterocycles. The fraction of sp³-hybridized carbons (Fsp3) is 0.120. The first-order valence-corrected chi connectivity index (χ1v) is 10.2. The Hall–Kier alpha value is -3.57. The highest BCUT2D eigenvalue weighted by molar-refractivity contribution is 6.31. The second-order valence-electron chi connectivity index (χ2n) is 7.69. The van der Waals surface area contributed by atoms with Gasteiger partial charge in [-0.1, -0.05) is 53.6 Å². The van der Waals surface area contributed by atoms with E-state index in [1.54, 1.807) is 35.2 Å². The molecule has 1 aliphatic rings. The fourth-order valence-corrected chi connectivity index (χ4v) is 4.31. The van der Waals surface area contributed by atoms with Crippen LogP contribution >= 0.6 is 11.6 Å². The molecule has 3 aromatic carbocycles. The highest BCUT2D eigenvalue weighted by Gasteiger charge is 2.42. The lowest BCUT2D eigenvalue weighted by Gasteiger charge is -2.25. The van der Waals surface area contributed by atoms with Gasteiger partial charge in [0.25, 0.3) is 5.91 Å². The van der Waals surface area contributed by atoms with Crippen molar-refractivity contribution in [3.05, 3.63) is 110 Å². The lowest BCUT2D eigenvalue weighted by Crippen LogP contribution is -2.29. The lowest BCUT2D eigenvalue weighted by atomic mass is 9.98. The molecule has 0 saturated carbocycles. The number of aryl methyl sites for hydroxylation is 1. The van der Waals surface area contributed by atoms with Gasteiger partial charge in [-0.25, -0.2) is 0 Å². The van der Waals surface area contributed by atoms with Gasteiger partial charge in [0.05, 0.1) is 17.0 Å². The Bertz CT molecular complexity index is 1390. The molecule has 0 saturated heterocycles. The zero-order valence-electron chi connectivity index (χ0n) is 16.6. The van der Waals surface area contributed by atoms with E-state index < -0.39 is 6.04 Å². The number of fused-ring (bicyclic) bond motifs is 2. The van der Waals surface area contributed by atoms with Crippen LogP contribution in [0.1, 0.15) is 38.9 Å². The molecule has 0 unspecified atom stereocenters. The van der Waals surface area contributed by atoms with Crippen LogP contribution in [0, 0.1) is 6.92 Å². The summed E-state index contributed by atoms with van der Waals surface area (Å²) in [6.07, 6.45) is 0. The third-order valence-electron chi connectivity index (χ3n) is 5.63. The van der Waals surface area contributed by atoms with E-state index in [-0.39, 0.29) is 29.4 Å². The number of aromatic hydroxyl groups is 1. The molecule has 1 aromatic heterocycles. The van der Waals surface area contributed by atoms with Crippen molar-refractivity contribution in [1.82, 2.24) is 4.90 Å². The van der Waals surface area contributed by atoms with Crippen molar-refractivity contribution in [1.29, 1.82) is 0 Å². The van der Waals surface area contributed by atoms with Crippen molar-refractivity contribution in [3.8, 4) is 5.75 Å². The lowest BCUT2D eigenvalue weighted by molar-refractivity contribution is 0.0714. The van der Waals surface area contributed by atoms with Crippen LogP contribution in [0.4, 0.5) is 0 Å². The molecule has 5 rings (SSSR count). The van der Waals surface area contributed by atoms with Gasteiger partial charge in [-0.2, -0.15) is 0 Å². The average molecular weight is 432 g/mol. The Balaban J connectivity index is 1.74. The predicted molar refractivity (Wildman–Crippen MR) is 118 cm³/mol. The molecule has 2 heterocycles. The smallest absolute Gasteiger partial charge is 0.291 e. The molecule has 31 heavy (non-hydrogen) atoms. The van der Waals surface area contributed by atoms with Crippen LogP contribution in [-0.4, -0.2) is 15.9 Å². The molecule has 0 radical (unpaired) electrons. The fourth-order valence-electron chi connectivity index (χ4n) is 4.11. The SMILES string of the molecule is Cc1ccc2oc3c(c(=O)c2c1)[C@H](c1ccc(O)cc1)N(Cc1ccccc1Cl)C3=O. The Morgan fingerprint density at radius 3 is 2.52 bits per heavy atom. The summed E-state index contributed by atoms with van der Waals surface area (Å²) in [5.74, 6) is -0.217. The van der Waals surface area contributed by atoms with E-state index in [1.165, 1.54) is 12.1 Å². The van der Waals surface area contributed by atoms with Crippen LogP contribution in [0.15, 0.2) is 75.9 Å². The summed E-state index contributed by atoms with van der Waals surface area (Å²) in [5, 5.41) is 10.7. The molecule has 1 N–H and O–H groups in total. The number of phenolic OH excluding ortho intramolecular Hbond substituents is 1. The first-order chi connectivity index (χ1) is 14.9. The summed E-state index contributed by atoms with van der Waals surface area (Å²) in [7, 11) is 0. The highest BCUT2D eigenvalue weighted by Crippen LogP contribution is 2.40. The van der Waals surface area contributed by atoms with Crippen molar-refractivity contribution in [2.75, 3.05) is 0 Å². The van der Waals surface area contributed by atoms with Crippen LogP contribution < -0.4 is 5.43 Å². The molecular formula is C25H18ClNO4. The molecule has 0 aliphatic carbocycles. The van der Waals surface area contributed by atoms with Crippen molar-refractivity contribution in [2.24, 2.45) is 0 Å². The van der Waals surface area contributed by atoms with E-state index in [9.17, 15) is 14.7 Å². The van der Waals surface area contributed by atoms with Gasteiger partial charge in [-0.3, -0.25) is 9.59 Å². The maximum absolute atomic E-state index is 13.5. The number of phenols is 1. The molecular weight excluding hydrogens is 414 g/mol. The van der Waals surface area contributed by atoms with Crippen molar-refractivity contribution in [2.45, 2.75) is 19.5 Å². The minimum atomic E-state index is -0.652. The number of hydrogen-bond acceptors (Lipinski definition) is 4. The maximum Gasteiger partial charge on any atom is 0.291 e. The second-order valence-corrected chi connectivity index (χ2v) is 8.10. The Labute approximate surface area is 183 Å². The third-order valence-corrected chi connectivity index (χ3v) is 6.00. The molecule has 154 valence electrons. The topological polar surface area (TPSA) is 70.8 Å². The van der Waals surface area contributed by atoms with Crippen molar-refractivity contribution < 1.29 is 14.3 Å². The van der Waals surface area contributed by atoms with Gasteiger partial charge in [0, 0.05) is 11.6 Å². The van der Waals surface area contributed by atoms with Gasteiger partial charge in [-0.15, -0.1) is 0 Å². The highest BCUT2D eigenvalue weighted by atomic mass is 35.5. The van der Waals surface area contributed by atoms with E-state index in [0.29, 0.717) is 27.1 Å². The van der Waals surface area contributed by atoms with Crippen molar-refractivity contribution in [3.63, 3.8) is 0 Å². The van der Waals surface area contributed by atoms with Crippen LogP contribution in [0.3, 0.4) is 0 Å². The van der Waals surface area contributed by atoms with Gasteiger partial charge >= 0.3 is 0 Å². The average Bonchev–Trinajstić information content (AvgIpc) is 3.03. The maximum atomic E-state index is 13.5. The zero-order chi connectivity index (χ0) is 21.7. The number of amides is 1. The minimum Gasteiger partial charge on any atom is -0.508 e. The molecule has 1 atom stereocenters. The number of benzene rings is 3. The monoisotopic (exact) mass is 431 g/mol. The Morgan fingerprint density at radius 2 is 1.77 bits per heavy atom. The number of nitrogens with zero attached hydrogens (tertiary/aromatic N) is 1. The first-order valence-electron chi connectivity index (χ1n) is 9.84. The number of rotatable bonds is 3. The predicted octanol–water partition coefficient (Wildman–Crippen LogP) is 5.21. The molecule has 1 amide bonds. The normalized spacial score (nSPS) is 15.5. The van der Waals surface area contributed by atoms with E-state index in [1.807, 2.05) is 31.2 Å². The summed E-state index contributed by atoms with van der Waals surface area (Å²) < 4.78 is 5.95. The molecule has 6 heteroatoms. The van der Waals surface area contributed by atoms with E-state index >= 15 is 0 Å². The largest absolute Gasteiger partial charge is 0.508 e. The number of carbonyl (C=O) groups excluding carboxylic acids is 1. The van der Waals surface area contributed by atoms with Crippen LogP contribution in [0.5, 0.6) is 5.75 Å². The van der Waals surface area contributed by atoms with Gasteiger partial charge in [0.2, 0.25) is 5.76 Å². The number of carbonyl (C=O) groups is 1. The van der Waals surface area contributed by atoms with E-state index in [0.717, 1.165) is 11.1 Å². The van der Waals surface area contributed by atoms with Crippen LogP contribution in [-0.2, 0) is 6.54 Å². The summed E-state index contributed by atoms with van der Waals surface area (Å²) in [6, 6.07) is 18.5. The minimum absolute atomic E-state index is 0.0477. The van der Waals surface area contributed by atoms with Crippen molar-refractivity contribution >= 4 is 28.5 Å². The standard InChI is InChI=1S/C25H18ClNO4/c1-14-6-11-20-18(12-14)23(29)21-22(15-7-9-17(28)10-8-15)27(25(30)24(21)31-20)13-16-4-2-3-5-19(16)26/h2-12,22,28H,13H2,1H3/t22-/m0/s1. The molecule has 0 spiro atoms. The first kappa shape index (κ1) is 19.4. The van der Waals surface area contributed by atoms with Gasteiger partial charge in [0.1, 0.15) is 11.3 Å². The molecule has 4 aromatic rings. The van der Waals surface area contributed by atoms with E-state index in [2.05, 4.69) is 0 Å². The number of hydrogen-bond donors (Lipinski definition) is 1. The molecule has 0 bridgehead atoms. The zero-order valence-corrected chi connectivity index (χ0v) is 17.4. The molecule has 0 fully saturated rings. The van der Waals surface area contributed by atoms with Crippen LogP contribution in [0.2, 0.25) is 5.02 Å². The summed E-state index contributed by atoms with van der Waals surface area (Å²) in [6.45, 7) is 2.11. The third kappa shape index (κ3) is 3.18. The second kappa shape index (κ2) is 7.29. The summed E-state index contributed by atoms with van der Waals surface area (Å²) in [5.41, 5.74) is 2.86. The van der Waals surface area contributed by atoms with E-state index in [4.69, 9.17) is 16.0 Å². The van der Waals surface area contributed by atoms with Gasteiger partial charge < -0.3 is 14.4 Å². The summed E-state index contributed by atoms with van der Waals surface area (Å²) >= 11 is 6.35. The quantitative estimate of drug-likeness (QED) is 0.483. The van der Waals surface area contributed by atoms with Gasteiger partial charge in [-0.05, 0) is 48.4 Å². The van der Waals surface area contributed by atoms with Crippen LogP contribution in [0.25, 0.3) is 11.0 Å². The Kier molecular flexibility index (Phi) is 4.56. The Morgan fingerprint density at radius 1 is 1.03 bits per heavy atom. The molecule has 5 nitrogen and oxygen atoms in total. The van der Waals surface area contributed by atoms with Gasteiger partial charge in [0.15, 0.2) is 5.43 Å². The summed E-state index contributed by atoms with van der Waals surface area (Å²) in [4.78, 5) is 28.5. The number of halogens is 1.